The summed E-state index contributed by atoms with van der Waals surface area (Å²) < 4.78 is 24.5. The lowest BCUT2D eigenvalue weighted by Crippen LogP contribution is -2.47. The average Bonchev–Trinajstić information content (AvgIpc) is 2.09. The lowest BCUT2D eigenvalue weighted by Gasteiger charge is -2.22. The number of halogens is 1. The molecule has 0 spiro atoms. The Morgan fingerprint density at radius 1 is 1.62 bits per heavy atom. The molecule has 1 heterocycles. The van der Waals surface area contributed by atoms with E-state index >= 15 is 0 Å². The Hall–Kier alpha value is -0.140. The number of carbonyl (C=O) groups excluding carboxylic acids is 1. The van der Waals surface area contributed by atoms with Gasteiger partial charge in [0.2, 0.25) is 15.9 Å². The minimum Gasteiger partial charge on any atom is -0.355 e. The summed E-state index contributed by atoms with van der Waals surface area (Å²) in [6, 6.07) is -0.166. The van der Waals surface area contributed by atoms with Crippen molar-refractivity contribution in [2.45, 2.75) is 18.9 Å². The van der Waals surface area contributed by atoms with Gasteiger partial charge in [-0.3, -0.25) is 4.79 Å². The fourth-order valence-corrected chi connectivity index (χ4v) is 2.29. The smallest absolute Gasteiger partial charge is 0.221 e. The highest BCUT2D eigenvalue weighted by Gasteiger charge is 2.21. The molecular formula is C6H11BrN2O3S. The average molecular weight is 271 g/mol. The molecular weight excluding hydrogens is 260 g/mol. The minimum atomic E-state index is -3.22. The van der Waals surface area contributed by atoms with Crippen molar-refractivity contribution in [3.05, 3.63) is 0 Å². The van der Waals surface area contributed by atoms with Crippen molar-refractivity contribution in [1.82, 2.24) is 10.0 Å². The van der Waals surface area contributed by atoms with Gasteiger partial charge in [-0.1, -0.05) is 15.9 Å². The summed E-state index contributed by atoms with van der Waals surface area (Å²) >= 11 is 2.87. The number of hydrogen-bond acceptors (Lipinski definition) is 3. The highest BCUT2D eigenvalue weighted by atomic mass is 79.9. The monoisotopic (exact) mass is 270 g/mol. The number of alkyl halides is 1. The van der Waals surface area contributed by atoms with Crippen molar-refractivity contribution in [1.29, 1.82) is 0 Å². The van der Waals surface area contributed by atoms with Crippen LogP contribution in [0.15, 0.2) is 0 Å². The lowest BCUT2D eigenvalue weighted by atomic mass is 10.1. The lowest BCUT2D eigenvalue weighted by molar-refractivity contribution is -0.122. The molecule has 1 unspecified atom stereocenters. The molecule has 2 N–H and O–H groups in total. The van der Waals surface area contributed by atoms with Crippen LogP contribution in [0.4, 0.5) is 0 Å². The van der Waals surface area contributed by atoms with Crippen molar-refractivity contribution < 1.29 is 13.2 Å². The summed E-state index contributed by atoms with van der Waals surface area (Å²) in [6.45, 7) is 0.380. The zero-order valence-corrected chi connectivity index (χ0v) is 9.32. The summed E-state index contributed by atoms with van der Waals surface area (Å²) in [4.78, 5) is 10.7. The quantitative estimate of drug-likeness (QED) is 0.682. The van der Waals surface area contributed by atoms with Gasteiger partial charge in [-0.05, 0) is 6.42 Å². The predicted octanol–water partition coefficient (Wildman–Crippen LogP) is -0.463. The van der Waals surface area contributed by atoms with Crippen LogP contribution in [0.2, 0.25) is 0 Å². The van der Waals surface area contributed by atoms with E-state index in [1.54, 1.807) is 0 Å². The standard InChI is InChI=1S/C6H11BrN2O3S/c7-4-13(11,12)9-5-1-2-6(10)8-3-5/h5,9H,1-4H2,(H,8,10). The first-order chi connectivity index (χ1) is 6.03. The van der Waals surface area contributed by atoms with Gasteiger partial charge in [0.25, 0.3) is 0 Å². The molecule has 0 radical (unpaired) electrons. The summed E-state index contributed by atoms with van der Waals surface area (Å²) in [7, 11) is -3.22. The second-order valence-electron chi connectivity index (χ2n) is 2.88. The van der Waals surface area contributed by atoms with Crippen molar-refractivity contribution in [3.63, 3.8) is 0 Å². The molecule has 13 heavy (non-hydrogen) atoms. The van der Waals surface area contributed by atoms with Gasteiger partial charge < -0.3 is 5.32 Å². The molecule has 0 bridgehead atoms. The van der Waals surface area contributed by atoms with E-state index in [1.165, 1.54) is 0 Å². The first-order valence-corrected chi connectivity index (χ1v) is 6.63. The fraction of sp³-hybridized carbons (Fsp3) is 0.833. The maximum atomic E-state index is 11.1. The number of sulfonamides is 1. The molecule has 0 aromatic rings. The summed E-state index contributed by atoms with van der Waals surface area (Å²) in [5.41, 5.74) is 0. The maximum absolute atomic E-state index is 11.1. The maximum Gasteiger partial charge on any atom is 0.221 e. The first kappa shape index (κ1) is 10.9. The third kappa shape index (κ3) is 3.61. The van der Waals surface area contributed by atoms with Crippen LogP contribution in [-0.2, 0) is 14.8 Å². The molecule has 1 saturated heterocycles. The molecule has 1 atom stereocenters. The van der Waals surface area contributed by atoms with E-state index in [1.807, 2.05) is 0 Å². The van der Waals surface area contributed by atoms with Gasteiger partial charge in [0.15, 0.2) is 0 Å². The molecule has 0 aromatic heterocycles. The van der Waals surface area contributed by atoms with Gasteiger partial charge in [0.05, 0.1) is 0 Å². The van der Waals surface area contributed by atoms with Crippen molar-refractivity contribution in [3.8, 4) is 0 Å². The van der Waals surface area contributed by atoms with E-state index in [0.29, 0.717) is 19.4 Å². The number of piperidine rings is 1. The third-order valence-electron chi connectivity index (χ3n) is 1.76. The second-order valence-corrected chi connectivity index (χ2v) is 5.94. The zero-order chi connectivity index (χ0) is 9.90. The third-order valence-corrected chi connectivity index (χ3v) is 4.54. The van der Waals surface area contributed by atoms with Crippen molar-refractivity contribution in [2.24, 2.45) is 0 Å². The van der Waals surface area contributed by atoms with Crippen LogP contribution in [0.5, 0.6) is 0 Å². The van der Waals surface area contributed by atoms with E-state index in [9.17, 15) is 13.2 Å². The Bertz CT molecular complexity index is 280. The van der Waals surface area contributed by atoms with Gasteiger partial charge in [0, 0.05) is 19.0 Å². The Morgan fingerprint density at radius 2 is 2.31 bits per heavy atom. The summed E-state index contributed by atoms with van der Waals surface area (Å²) in [6.07, 6.45) is 0.952. The minimum absolute atomic E-state index is 0.0192. The van der Waals surface area contributed by atoms with E-state index in [0.717, 1.165) is 0 Å². The van der Waals surface area contributed by atoms with Crippen LogP contribution >= 0.6 is 15.9 Å². The summed E-state index contributed by atoms with van der Waals surface area (Å²) in [5, 5.41) is 2.60. The van der Waals surface area contributed by atoms with Gasteiger partial charge in [-0.25, -0.2) is 13.1 Å². The van der Waals surface area contributed by atoms with E-state index in [2.05, 4.69) is 26.0 Å². The van der Waals surface area contributed by atoms with Gasteiger partial charge in [0.1, 0.15) is 4.66 Å². The van der Waals surface area contributed by atoms with Crippen molar-refractivity contribution in [2.75, 3.05) is 11.2 Å². The number of hydrogen-bond donors (Lipinski definition) is 2. The van der Waals surface area contributed by atoms with Crippen LogP contribution in [0.1, 0.15) is 12.8 Å². The topological polar surface area (TPSA) is 75.3 Å². The molecule has 7 heteroatoms. The Labute approximate surface area is 85.4 Å². The van der Waals surface area contributed by atoms with Crippen LogP contribution in [0.3, 0.4) is 0 Å². The second kappa shape index (κ2) is 4.39. The van der Waals surface area contributed by atoms with E-state index in [4.69, 9.17) is 0 Å². The van der Waals surface area contributed by atoms with Gasteiger partial charge >= 0.3 is 0 Å². The van der Waals surface area contributed by atoms with Gasteiger partial charge in [-0.2, -0.15) is 0 Å². The number of carbonyl (C=O) groups is 1. The summed E-state index contributed by atoms with van der Waals surface area (Å²) in [5.74, 6) is -0.0192. The normalized spacial score (nSPS) is 24.1. The zero-order valence-electron chi connectivity index (χ0n) is 6.92. The van der Waals surface area contributed by atoms with Gasteiger partial charge in [-0.15, -0.1) is 0 Å². The largest absolute Gasteiger partial charge is 0.355 e. The molecule has 1 fully saturated rings. The first-order valence-electron chi connectivity index (χ1n) is 3.86. The molecule has 0 aliphatic carbocycles. The van der Waals surface area contributed by atoms with E-state index in [-0.39, 0.29) is 16.6 Å². The Morgan fingerprint density at radius 3 is 2.77 bits per heavy atom. The fourth-order valence-electron chi connectivity index (χ4n) is 1.12. The predicted molar refractivity (Wildman–Crippen MR) is 51.9 cm³/mol. The van der Waals surface area contributed by atoms with Crippen LogP contribution in [0, 0.1) is 0 Å². The molecule has 0 saturated carbocycles. The van der Waals surface area contributed by atoms with Crippen LogP contribution < -0.4 is 10.0 Å². The number of nitrogens with one attached hydrogen (secondary N) is 2. The molecule has 1 aliphatic heterocycles. The number of rotatable bonds is 3. The molecule has 1 aliphatic rings. The Kier molecular flexibility index (Phi) is 3.69. The highest BCUT2D eigenvalue weighted by Crippen LogP contribution is 2.04. The molecule has 5 nitrogen and oxygen atoms in total. The number of amides is 1. The SMILES string of the molecule is O=C1CCC(NS(=O)(=O)CBr)CN1. The molecule has 76 valence electrons. The van der Waals surface area contributed by atoms with E-state index < -0.39 is 10.0 Å². The van der Waals surface area contributed by atoms with Crippen molar-refractivity contribution >= 4 is 31.9 Å². The Balaban J connectivity index is 2.43. The molecule has 0 aromatic carbocycles. The van der Waals surface area contributed by atoms with Crippen LogP contribution in [-0.4, -0.2) is 31.6 Å². The molecule has 1 amide bonds. The highest BCUT2D eigenvalue weighted by molar-refractivity contribution is 9.10. The molecule has 1 rings (SSSR count). The van der Waals surface area contributed by atoms with Crippen LogP contribution in [0.25, 0.3) is 0 Å².